The first kappa shape index (κ1) is 13.8. The number of nitrogens with one attached hydrogen (secondary N) is 1. The molecule has 1 aromatic carbocycles. The third-order valence-electron chi connectivity index (χ3n) is 2.50. The van der Waals surface area contributed by atoms with Gasteiger partial charge in [-0.15, -0.1) is 0 Å². The maximum absolute atomic E-state index is 6.22. The lowest BCUT2D eigenvalue weighted by atomic mass is 9.97. The topological polar surface area (TPSA) is 12.0 Å². The zero-order chi connectivity index (χ0) is 12.1. The number of hydrogen-bond acceptors (Lipinski definition) is 1. The van der Waals surface area contributed by atoms with Gasteiger partial charge in [0.25, 0.3) is 0 Å². The van der Waals surface area contributed by atoms with E-state index >= 15 is 0 Å². The molecule has 0 bridgehead atoms. The highest BCUT2D eigenvalue weighted by atomic mass is 35.5. The minimum Gasteiger partial charge on any atom is -0.310 e. The van der Waals surface area contributed by atoms with Crippen LogP contribution in [-0.4, -0.2) is 6.54 Å². The maximum Gasteiger partial charge on any atom is 0.0468 e. The molecule has 0 aliphatic rings. The summed E-state index contributed by atoms with van der Waals surface area (Å²) in [6.45, 7) is 7.48. The van der Waals surface area contributed by atoms with Crippen LogP contribution < -0.4 is 5.32 Å². The molecule has 1 rings (SSSR count). The van der Waals surface area contributed by atoms with Gasteiger partial charge in [0.15, 0.2) is 0 Å². The monoisotopic (exact) mass is 259 g/mol. The van der Waals surface area contributed by atoms with Crippen molar-refractivity contribution in [2.24, 2.45) is 5.92 Å². The van der Waals surface area contributed by atoms with Gasteiger partial charge in [-0.3, -0.25) is 0 Å². The molecule has 0 spiro atoms. The third kappa shape index (κ3) is 3.97. The molecule has 0 aromatic heterocycles. The Morgan fingerprint density at radius 1 is 1.25 bits per heavy atom. The molecule has 90 valence electrons. The summed E-state index contributed by atoms with van der Waals surface area (Å²) < 4.78 is 0. The summed E-state index contributed by atoms with van der Waals surface area (Å²) in [5.41, 5.74) is 1.14. The molecule has 1 aromatic rings. The van der Waals surface area contributed by atoms with Crippen molar-refractivity contribution in [3.63, 3.8) is 0 Å². The molecule has 1 N–H and O–H groups in total. The van der Waals surface area contributed by atoms with Gasteiger partial charge in [-0.05, 0) is 36.6 Å². The quantitative estimate of drug-likeness (QED) is 0.809. The average molecular weight is 260 g/mol. The molecule has 3 heteroatoms. The summed E-state index contributed by atoms with van der Waals surface area (Å²) >= 11 is 12.1. The van der Waals surface area contributed by atoms with Gasteiger partial charge in [0.2, 0.25) is 0 Å². The highest BCUT2D eigenvalue weighted by Crippen LogP contribution is 2.29. The molecule has 0 heterocycles. The molecule has 0 fully saturated rings. The summed E-state index contributed by atoms with van der Waals surface area (Å²) in [5.74, 6) is 0.635. The number of halogens is 2. The van der Waals surface area contributed by atoms with Gasteiger partial charge in [0.1, 0.15) is 0 Å². The molecule has 16 heavy (non-hydrogen) atoms. The van der Waals surface area contributed by atoms with E-state index in [1.807, 2.05) is 18.2 Å². The maximum atomic E-state index is 6.22. The van der Waals surface area contributed by atoms with E-state index in [2.05, 4.69) is 26.1 Å². The molecule has 0 saturated carbocycles. The van der Waals surface area contributed by atoms with Gasteiger partial charge in [-0.25, -0.2) is 0 Å². The molecule has 0 amide bonds. The van der Waals surface area contributed by atoms with Crippen molar-refractivity contribution in [3.8, 4) is 0 Å². The first-order valence-electron chi connectivity index (χ1n) is 5.73. The van der Waals surface area contributed by atoms with E-state index < -0.39 is 0 Å². The van der Waals surface area contributed by atoms with Gasteiger partial charge in [-0.2, -0.15) is 0 Å². The van der Waals surface area contributed by atoms with Gasteiger partial charge >= 0.3 is 0 Å². The molecule has 1 nitrogen and oxygen atoms in total. The Bertz CT molecular complexity index is 337. The third-order valence-corrected chi connectivity index (χ3v) is 3.06. The number of benzene rings is 1. The lowest BCUT2D eigenvalue weighted by Gasteiger charge is -2.21. The van der Waals surface area contributed by atoms with Crippen molar-refractivity contribution >= 4 is 23.2 Å². The first-order chi connectivity index (χ1) is 7.54. The van der Waals surface area contributed by atoms with Crippen LogP contribution in [0.5, 0.6) is 0 Å². The van der Waals surface area contributed by atoms with Gasteiger partial charge in [0, 0.05) is 16.1 Å². The predicted octanol–water partition coefficient (Wildman–Crippen LogP) is 4.69. The van der Waals surface area contributed by atoms with Gasteiger partial charge in [-0.1, -0.05) is 50.0 Å². The minimum atomic E-state index is 0.315. The van der Waals surface area contributed by atoms with Crippen LogP contribution in [0.25, 0.3) is 0 Å². The Morgan fingerprint density at radius 3 is 2.44 bits per heavy atom. The van der Waals surface area contributed by atoms with Crippen LogP contribution in [0.2, 0.25) is 10.0 Å². The molecular weight excluding hydrogens is 241 g/mol. The summed E-state index contributed by atoms with van der Waals surface area (Å²) in [6.07, 6.45) is 1.08. The van der Waals surface area contributed by atoms with Crippen LogP contribution in [0.1, 0.15) is 38.8 Å². The van der Waals surface area contributed by atoms with E-state index in [1.54, 1.807) is 0 Å². The Kier molecular flexibility index (Phi) is 5.60. The van der Waals surface area contributed by atoms with E-state index in [9.17, 15) is 0 Å². The molecule has 1 atom stereocenters. The smallest absolute Gasteiger partial charge is 0.0468 e. The fourth-order valence-electron chi connectivity index (χ4n) is 1.82. The molecular formula is C13H19Cl2N. The number of hydrogen-bond donors (Lipinski definition) is 1. The zero-order valence-corrected chi connectivity index (χ0v) is 11.6. The summed E-state index contributed by atoms with van der Waals surface area (Å²) in [5, 5.41) is 4.90. The van der Waals surface area contributed by atoms with Crippen molar-refractivity contribution in [1.82, 2.24) is 5.32 Å². The summed E-state index contributed by atoms with van der Waals surface area (Å²) in [6, 6.07) is 6.03. The molecule has 0 aliphatic carbocycles. The van der Waals surface area contributed by atoms with E-state index in [-0.39, 0.29) is 0 Å². The molecule has 0 aliphatic heterocycles. The van der Waals surface area contributed by atoms with Crippen LogP contribution in [0.4, 0.5) is 0 Å². The standard InChI is InChI=1S/C13H19Cl2N/c1-4-16-13(7-9(2)3)11-6-5-10(14)8-12(11)15/h5-6,8-9,13,16H,4,7H2,1-3H3. The van der Waals surface area contributed by atoms with E-state index in [0.29, 0.717) is 17.0 Å². The first-order valence-corrected chi connectivity index (χ1v) is 6.48. The van der Waals surface area contributed by atoms with Crippen molar-refractivity contribution in [2.75, 3.05) is 6.54 Å². The SMILES string of the molecule is CCNC(CC(C)C)c1ccc(Cl)cc1Cl. The normalized spacial score (nSPS) is 13.1. The van der Waals surface area contributed by atoms with Crippen molar-refractivity contribution in [2.45, 2.75) is 33.2 Å². The second kappa shape index (κ2) is 6.48. The van der Waals surface area contributed by atoms with Gasteiger partial charge in [0.05, 0.1) is 0 Å². The minimum absolute atomic E-state index is 0.315. The van der Waals surface area contributed by atoms with Crippen molar-refractivity contribution < 1.29 is 0 Å². The Morgan fingerprint density at radius 2 is 1.94 bits per heavy atom. The fraction of sp³-hybridized carbons (Fsp3) is 0.538. The predicted molar refractivity (Wildman–Crippen MR) is 72.3 cm³/mol. The second-order valence-electron chi connectivity index (χ2n) is 4.41. The summed E-state index contributed by atoms with van der Waals surface area (Å²) in [7, 11) is 0. The van der Waals surface area contributed by atoms with E-state index in [0.717, 1.165) is 23.6 Å². The lowest BCUT2D eigenvalue weighted by molar-refractivity contribution is 0.438. The van der Waals surface area contributed by atoms with Crippen LogP contribution in [0, 0.1) is 5.92 Å². The molecule has 0 radical (unpaired) electrons. The highest BCUT2D eigenvalue weighted by Gasteiger charge is 2.15. The number of rotatable bonds is 5. The second-order valence-corrected chi connectivity index (χ2v) is 5.25. The van der Waals surface area contributed by atoms with Crippen LogP contribution in [-0.2, 0) is 0 Å². The zero-order valence-electron chi connectivity index (χ0n) is 10.1. The van der Waals surface area contributed by atoms with Crippen LogP contribution in [0.3, 0.4) is 0 Å². The van der Waals surface area contributed by atoms with Gasteiger partial charge < -0.3 is 5.32 Å². The Hall–Kier alpha value is -0.240. The lowest BCUT2D eigenvalue weighted by Crippen LogP contribution is -2.22. The van der Waals surface area contributed by atoms with Crippen LogP contribution in [0.15, 0.2) is 18.2 Å². The van der Waals surface area contributed by atoms with Crippen molar-refractivity contribution in [1.29, 1.82) is 0 Å². The van der Waals surface area contributed by atoms with Crippen molar-refractivity contribution in [3.05, 3.63) is 33.8 Å². The fourth-order valence-corrected chi connectivity index (χ4v) is 2.36. The molecule has 1 unspecified atom stereocenters. The Balaban J connectivity index is 2.91. The average Bonchev–Trinajstić information content (AvgIpc) is 2.16. The Labute approximate surface area is 108 Å². The van der Waals surface area contributed by atoms with Crippen LogP contribution >= 0.6 is 23.2 Å². The molecule has 0 saturated heterocycles. The van der Waals surface area contributed by atoms with E-state index in [4.69, 9.17) is 23.2 Å². The largest absolute Gasteiger partial charge is 0.310 e. The summed E-state index contributed by atoms with van der Waals surface area (Å²) in [4.78, 5) is 0. The highest BCUT2D eigenvalue weighted by molar-refractivity contribution is 6.35. The van der Waals surface area contributed by atoms with E-state index in [1.165, 1.54) is 0 Å².